The molecule has 5 nitrogen and oxygen atoms in total. The van der Waals surface area contributed by atoms with Crippen LogP contribution in [0.1, 0.15) is 24.3 Å². The van der Waals surface area contributed by atoms with E-state index in [1.54, 1.807) is 17.5 Å². The number of hydrogen-bond acceptors (Lipinski definition) is 5. The maximum absolute atomic E-state index is 9.59. The van der Waals surface area contributed by atoms with Crippen molar-refractivity contribution in [2.24, 2.45) is 0 Å². The Labute approximate surface area is 174 Å². The zero-order chi connectivity index (χ0) is 20.2. The summed E-state index contributed by atoms with van der Waals surface area (Å²) in [5, 5.41) is 15.1. The maximum Gasteiger partial charge on any atom is 0.126 e. The van der Waals surface area contributed by atoms with Crippen molar-refractivity contribution in [3.8, 4) is 17.9 Å². The van der Waals surface area contributed by atoms with Crippen LogP contribution in [-0.4, -0.2) is 34.5 Å². The van der Waals surface area contributed by atoms with Gasteiger partial charge in [-0.05, 0) is 43.4 Å². The Balaban J connectivity index is 1.69. The molecular formula is C23H21N5S. The average molecular weight is 400 g/mol. The first-order valence-electron chi connectivity index (χ1n) is 9.59. The molecule has 3 heterocycles. The highest BCUT2D eigenvalue weighted by molar-refractivity contribution is 7.19. The smallest absolute Gasteiger partial charge is 0.126 e. The van der Waals surface area contributed by atoms with Gasteiger partial charge in [-0.2, -0.15) is 5.26 Å². The van der Waals surface area contributed by atoms with Crippen molar-refractivity contribution in [2.75, 3.05) is 25.0 Å². The summed E-state index contributed by atoms with van der Waals surface area (Å²) in [5.41, 5.74) is 3.31. The number of nitriles is 1. The van der Waals surface area contributed by atoms with Crippen LogP contribution in [0.4, 0.5) is 11.4 Å². The number of anilines is 2. The van der Waals surface area contributed by atoms with Crippen LogP contribution in [0.3, 0.4) is 0 Å². The number of rotatable bonds is 5. The molecule has 0 aliphatic carbocycles. The van der Waals surface area contributed by atoms with Crippen molar-refractivity contribution in [2.45, 2.75) is 13.8 Å². The van der Waals surface area contributed by atoms with Crippen LogP contribution < -0.4 is 5.32 Å². The second-order valence-corrected chi connectivity index (χ2v) is 7.69. The second kappa shape index (κ2) is 8.36. The molecule has 4 aromatic rings. The Hall–Kier alpha value is -3.32. The van der Waals surface area contributed by atoms with E-state index in [0.717, 1.165) is 57.0 Å². The van der Waals surface area contributed by atoms with Crippen molar-refractivity contribution >= 4 is 43.8 Å². The van der Waals surface area contributed by atoms with Crippen molar-refractivity contribution in [1.29, 1.82) is 5.26 Å². The first-order valence-corrected chi connectivity index (χ1v) is 10.4. The van der Waals surface area contributed by atoms with Crippen LogP contribution in [0.15, 0.2) is 42.7 Å². The SMILES string of the molecule is CCN(CC)CC#Cc1cc2c(Nc3ccc4[nH]ccc4c3)c(C#N)cnc2s1. The zero-order valence-corrected chi connectivity index (χ0v) is 17.2. The molecule has 0 amide bonds. The molecule has 2 N–H and O–H groups in total. The van der Waals surface area contributed by atoms with Crippen LogP contribution in [-0.2, 0) is 0 Å². The van der Waals surface area contributed by atoms with Gasteiger partial charge in [-0.1, -0.05) is 25.7 Å². The number of pyridine rings is 1. The van der Waals surface area contributed by atoms with Crippen LogP contribution in [0.25, 0.3) is 21.1 Å². The van der Waals surface area contributed by atoms with E-state index >= 15 is 0 Å². The van der Waals surface area contributed by atoms with Crippen LogP contribution in [0.2, 0.25) is 0 Å². The van der Waals surface area contributed by atoms with E-state index in [1.807, 2.05) is 30.5 Å². The topological polar surface area (TPSA) is 67.7 Å². The molecule has 0 saturated heterocycles. The quantitative estimate of drug-likeness (QED) is 0.459. The largest absolute Gasteiger partial charge is 0.361 e. The number of nitrogens with zero attached hydrogens (tertiary/aromatic N) is 3. The summed E-state index contributed by atoms with van der Waals surface area (Å²) in [4.78, 5) is 11.8. The lowest BCUT2D eigenvalue weighted by molar-refractivity contribution is 0.342. The third-order valence-electron chi connectivity index (χ3n) is 4.91. The molecule has 29 heavy (non-hydrogen) atoms. The van der Waals surface area contributed by atoms with Gasteiger partial charge in [0.2, 0.25) is 0 Å². The summed E-state index contributed by atoms with van der Waals surface area (Å²) in [6.45, 7) is 7.01. The number of thiophene rings is 1. The average Bonchev–Trinajstić information content (AvgIpc) is 3.37. The van der Waals surface area contributed by atoms with Crippen molar-refractivity contribution in [1.82, 2.24) is 14.9 Å². The van der Waals surface area contributed by atoms with E-state index in [-0.39, 0.29) is 0 Å². The minimum Gasteiger partial charge on any atom is -0.361 e. The minimum atomic E-state index is 0.520. The van der Waals surface area contributed by atoms with Gasteiger partial charge in [-0.3, -0.25) is 4.90 Å². The van der Waals surface area contributed by atoms with Crippen LogP contribution in [0.5, 0.6) is 0 Å². The first kappa shape index (κ1) is 19.0. The molecule has 0 aliphatic heterocycles. The molecule has 1 aromatic carbocycles. The maximum atomic E-state index is 9.59. The lowest BCUT2D eigenvalue weighted by Crippen LogP contribution is -2.22. The van der Waals surface area contributed by atoms with E-state index in [0.29, 0.717) is 5.56 Å². The fourth-order valence-electron chi connectivity index (χ4n) is 3.23. The molecule has 0 bridgehead atoms. The molecule has 3 aromatic heterocycles. The number of fused-ring (bicyclic) bond motifs is 2. The summed E-state index contributed by atoms with van der Waals surface area (Å²) in [7, 11) is 0. The van der Waals surface area contributed by atoms with E-state index in [9.17, 15) is 5.26 Å². The Morgan fingerprint density at radius 3 is 2.86 bits per heavy atom. The van der Waals surface area contributed by atoms with Crippen LogP contribution >= 0.6 is 11.3 Å². The van der Waals surface area contributed by atoms with Crippen molar-refractivity contribution in [3.63, 3.8) is 0 Å². The summed E-state index contributed by atoms with van der Waals surface area (Å²) < 4.78 is 0. The van der Waals surface area contributed by atoms with Gasteiger partial charge in [0.25, 0.3) is 0 Å². The van der Waals surface area contributed by atoms with Gasteiger partial charge >= 0.3 is 0 Å². The normalized spacial score (nSPS) is 10.8. The third kappa shape index (κ3) is 3.95. The lowest BCUT2D eigenvalue weighted by atomic mass is 10.1. The Bertz CT molecular complexity index is 1260. The predicted octanol–water partition coefficient (Wildman–Crippen LogP) is 5.09. The molecule has 0 spiro atoms. The number of hydrogen-bond donors (Lipinski definition) is 2. The van der Waals surface area contributed by atoms with E-state index in [1.165, 1.54) is 0 Å². The minimum absolute atomic E-state index is 0.520. The second-order valence-electron chi connectivity index (χ2n) is 6.66. The van der Waals surface area contributed by atoms with E-state index in [2.05, 4.69) is 58.0 Å². The molecule has 0 unspecified atom stereocenters. The Morgan fingerprint density at radius 1 is 1.21 bits per heavy atom. The zero-order valence-electron chi connectivity index (χ0n) is 16.4. The number of aromatic nitrogens is 2. The monoisotopic (exact) mass is 399 g/mol. The Kier molecular flexibility index (Phi) is 5.48. The highest BCUT2D eigenvalue weighted by Gasteiger charge is 2.12. The summed E-state index contributed by atoms with van der Waals surface area (Å²) >= 11 is 1.55. The van der Waals surface area contributed by atoms with E-state index < -0.39 is 0 Å². The molecule has 0 atom stereocenters. The van der Waals surface area contributed by atoms with Gasteiger partial charge in [0.05, 0.1) is 22.7 Å². The van der Waals surface area contributed by atoms with Crippen LogP contribution in [0, 0.1) is 23.2 Å². The van der Waals surface area contributed by atoms with Gasteiger partial charge in [0.15, 0.2) is 0 Å². The predicted molar refractivity (Wildman–Crippen MR) is 121 cm³/mol. The fraction of sp³-hybridized carbons (Fsp3) is 0.217. The molecule has 144 valence electrons. The summed E-state index contributed by atoms with van der Waals surface area (Å²) in [6, 6.07) is 12.4. The molecule has 0 aliphatic rings. The van der Waals surface area contributed by atoms with Gasteiger partial charge in [-0.25, -0.2) is 4.98 Å². The number of H-pyrrole nitrogens is 1. The van der Waals surface area contributed by atoms with Gasteiger partial charge in [-0.15, -0.1) is 11.3 Å². The molecule has 6 heteroatoms. The first-order chi connectivity index (χ1) is 14.2. The Morgan fingerprint density at radius 2 is 2.07 bits per heavy atom. The number of nitrogens with one attached hydrogen (secondary N) is 2. The van der Waals surface area contributed by atoms with Gasteiger partial charge in [0.1, 0.15) is 10.9 Å². The lowest BCUT2D eigenvalue weighted by Gasteiger charge is -2.12. The summed E-state index contributed by atoms with van der Waals surface area (Å²) in [5.74, 6) is 6.50. The standard InChI is InChI=1S/C23H21N5S/c1-3-28(4-2)11-5-6-19-13-20-22(17(14-24)15-26-23(20)29-19)27-18-7-8-21-16(12-18)9-10-25-21/h7-10,12-13,15,25H,3-4,11H2,1-2H3,(H,26,27). The highest BCUT2D eigenvalue weighted by Crippen LogP contribution is 2.34. The van der Waals surface area contributed by atoms with Crippen molar-refractivity contribution < 1.29 is 0 Å². The molecular weight excluding hydrogens is 378 g/mol. The number of aromatic amines is 1. The molecule has 0 radical (unpaired) electrons. The van der Waals surface area contributed by atoms with E-state index in [4.69, 9.17) is 0 Å². The van der Waals surface area contributed by atoms with Crippen molar-refractivity contribution in [3.05, 3.63) is 53.2 Å². The number of benzene rings is 1. The third-order valence-corrected chi connectivity index (χ3v) is 5.87. The summed E-state index contributed by atoms with van der Waals surface area (Å²) in [6.07, 6.45) is 3.55. The van der Waals surface area contributed by atoms with Gasteiger partial charge in [0, 0.05) is 34.4 Å². The molecule has 4 rings (SSSR count). The van der Waals surface area contributed by atoms with Gasteiger partial charge < -0.3 is 10.3 Å². The highest BCUT2D eigenvalue weighted by atomic mass is 32.1. The molecule has 0 saturated carbocycles. The fourth-order valence-corrected chi connectivity index (χ4v) is 4.12. The molecule has 0 fully saturated rings.